The van der Waals surface area contributed by atoms with Gasteiger partial charge in [-0.2, -0.15) is 0 Å². The van der Waals surface area contributed by atoms with Crippen molar-refractivity contribution >= 4 is 27.5 Å². The maximum absolute atomic E-state index is 10.6. The molecule has 59 valence electrons. The van der Waals surface area contributed by atoms with Crippen LogP contribution in [0, 0.1) is 5.51 Å². The molecule has 0 unspecified atom stereocenters. The van der Waals surface area contributed by atoms with Crippen molar-refractivity contribution in [1.29, 1.82) is 0 Å². The Hall–Kier alpha value is -1.49. The number of fused-ring (bicyclic) bond motifs is 1. The van der Waals surface area contributed by atoms with Gasteiger partial charge in [0, 0.05) is 12.4 Å². The van der Waals surface area contributed by atoms with Crippen LogP contribution in [0.3, 0.4) is 0 Å². The largest absolute Gasteiger partial charge is 0.478 e. The number of hydrogen-bond acceptors (Lipinski definition) is 4. The van der Waals surface area contributed by atoms with Gasteiger partial charge in [-0.05, 0) is 0 Å². The van der Waals surface area contributed by atoms with Gasteiger partial charge in [-0.25, -0.2) is 9.78 Å². The van der Waals surface area contributed by atoms with Gasteiger partial charge in [-0.3, -0.25) is 4.98 Å². The minimum Gasteiger partial charge on any atom is -0.478 e. The van der Waals surface area contributed by atoms with Crippen molar-refractivity contribution < 1.29 is 9.90 Å². The monoisotopic (exact) mass is 179 g/mol. The molecule has 0 amide bonds. The normalized spacial score (nSPS) is 10.3. The first-order valence-electron chi connectivity index (χ1n) is 3.13. The molecule has 2 rings (SSSR count). The van der Waals surface area contributed by atoms with Crippen molar-refractivity contribution in [3.05, 3.63) is 23.5 Å². The first kappa shape index (κ1) is 7.17. The zero-order valence-electron chi connectivity index (χ0n) is 5.81. The quantitative estimate of drug-likeness (QED) is 0.714. The molecule has 0 bridgehead atoms. The van der Waals surface area contributed by atoms with Crippen LogP contribution in [0.4, 0.5) is 0 Å². The highest BCUT2D eigenvalue weighted by Gasteiger charge is 2.10. The number of nitrogens with zero attached hydrogens (tertiary/aromatic N) is 2. The smallest absolute Gasteiger partial charge is 0.339 e. The Kier molecular flexibility index (Phi) is 1.51. The van der Waals surface area contributed by atoms with E-state index in [0.29, 0.717) is 5.52 Å². The van der Waals surface area contributed by atoms with Gasteiger partial charge in [-0.1, -0.05) is 0 Å². The minimum atomic E-state index is -1.01. The molecule has 0 aliphatic rings. The molecule has 2 aromatic rings. The third kappa shape index (κ3) is 0.947. The molecule has 0 spiro atoms. The van der Waals surface area contributed by atoms with Crippen molar-refractivity contribution in [3.63, 3.8) is 0 Å². The van der Waals surface area contributed by atoms with Crippen LogP contribution in [-0.2, 0) is 0 Å². The van der Waals surface area contributed by atoms with E-state index in [1.54, 1.807) is 6.20 Å². The van der Waals surface area contributed by atoms with Gasteiger partial charge in [0.05, 0.1) is 10.2 Å². The van der Waals surface area contributed by atoms with Crippen molar-refractivity contribution in [3.8, 4) is 0 Å². The molecule has 5 heteroatoms. The second kappa shape index (κ2) is 2.53. The van der Waals surface area contributed by atoms with Gasteiger partial charge < -0.3 is 5.11 Å². The van der Waals surface area contributed by atoms with Crippen LogP contribution in [0.2, 0.25) is 0 Å². The lowest BCUT2D eigenvalue weighted by Crippen LogP contribution is -1.97. The highest BCUT2D eigenvalue weighted by molar-refractivity contribution is 7.16. The third-order valence-electron chi connectivity index (χ3n) is 1.43. The van der Waals surface area contributed by atoms with E-state index >= 15 is 0 Å². The molecule has 0 aliphatic heterocycles. The topological polar surface area (TPSA) is 63.1 Å². The Balaban J connectivity index is 2.82. The van der Waals surface area contributed by atoms with E-state index in [0.717, 1.165) is 4.70 Å². The van der Waals surface area contributed by atoms with E-state index in [9.17, 15) is 4.79 Å². The number of aromatic carboxylic acids is 1. The number of pyridine rings is 1. The summed E-state index contributed by atoms with van der Waals surface area (Å²) < 4.78 is 0.745. The summed E-state index contributed by atoms with van der Waals surface area (Å²) >= 11 is 1.26. The van der Waals surface area contributed by atoms with Crippen LogP contribution in [0.15, 0.2) is 12.4 Å². The number of hydrogen-bond donors (Lipinski definition) is 1. The fraction of sp³-hybridized carbons (Fsp3) is 0. The van der Waals surface area contributed by atoms with E-state index in [-0.39, 0.29) is 5.56 Å². The van der Waals surface area contributed by atoms with Gasteiger partial charge in [-0.15, -0.1) is 11.3 Å². The fourth-order valence-electron chi connectivity index (χ4n) is 0.899. The van der Waals surface area contributed by atoms with Crippen molar-refractivity contribution in [2.45, 2.75) is 0 Å². The van der Waals surface area contributed by atoms with E-state index in [1.807, 2.05) is 0 Å². The second-order valence-electron chi connectivity index (χ2n) is 2.14. The predicted octanol–water partition coefficient (Wildman–Crippen LogP) is 1.19. The zero-order chi connectivity index (χ0) is 8.55. The number of carboxylic acids is 1. The molecule has 2 heterocycles. The summed E-state index contributed by atoms with van der Waals surface area (Å²) in [5, 5.41) is 8.71. The summed E-state index contributed by atoms with van der Waals surface area (Å²) in [6.07, 6.45) is 2.87. The highest BCUT2D eigenvalue weighted by Crippen LogP contribution is 2.18. The van der Waals surface area contributed by atoms with Crippen LogP contribution < -0.4 is 0 Å². The standard InChI is InChI=1S/C7H3N2O2S/c10-7(11)4-1-8-2-5-6(4)9-3-12-5/h1-2H,(H,10,11). The summed E-state index contributed by atoms with van der Waals surface area (Å²) in [6, 6.07) is 0. The van der Waals surface area contributed by atoms with Crippen molar-refractivity contribution in [2.75, 3.05) is 0 Å². The summed E-state index contributed by atoms with van der Waals surface area (Å²) in [7, 11) is 0. The molecular weight excluding hydrogens is 176 g/mol. The van der Waals surface area contributed by atoms with E-state index in [2.05, 4.69) is 15.5 Å². The van der Waals surface area contributed by atoms with Crippen LogP contribution in [-0.4, -0.2) is 21.0 Å². The lowest BCUT2D eigenvalue weighted by atomic mass is 10.2. The van der Waals surface area contributed by atoms with Crippen molar-refractivity contribution in [1.82, 2.24) is 9.97 Å². The molecule has 0 aromatic carbocycles. The molecule has 0 saturated heterocycles. The highest BCUT2D eigenvalue weighted by atomic mass is 32.1. The Labute approximate surface area is 71.5 Å². The maximum atomic E-state index is 10.6. The van der Waals surface area contributed by atoms with Gasteiger partial charge in [0.2, 0.25) is 0 Å². The number of rotatable bonds is 1. The van der Waals surface area contributed by atoms with Crippen molar-refractivity contribution in [2.24, 2.45) is 0 Å². The number of carbonyl (C=O) groups is 1. The Morgan fingerprint density at radius 1 is 1.58 bits per heavy atom. The molecule has 2 aromatic heterocycles. The molecule has 1 N–H and O–H groups in total. The van der Waals surface area contributed by atoms with Crippen LogP contribution in [0.25, 0.3) is 10.2 Å². The average Bonchev–Trinajstić information content (AvgIpc) is 2.49. The predicted molar refractivity (Wildman–Crippen MR) is 43.2 cm³/mol. The van der Waals surface area contributed by atoms with Crippen LogP contribution in [0.1, 0.15) is 10.4 Å². The maximum Gasteiger partial charge on any atom is 0.339 e. The number of aromatic nitrogens is 2. The van der Waals surface area contributed by atoms with E-state index in [1.165, 1.54) is 17.5 Å². The summed E-state index contributed by atoms with van der Waals surface area (Å²) in [5.74, 6) is -1.01. The van der Waals surface area contributed by atoms with Gasteiger partial charge in [0.25, 0.3) is 0 Å². The number of thiazole rings is 1. The van der Waals surface area contributed by atoms with Crippen LogP contribution >= 0.6 is 11.3 Å². The molecule has 0 saturated carbocycles. The molecule has 0 atom stereocenters. The average molecular weight is 179 g/mol. The van der Waals surface area contributed by atoms with E-state index in [4.69, 9.17) is 5.11 Å². The Morgan fingerprint density at radius 3 is 3.17 bits per heavy atom. The fourth-order valence-corrected chi connectivity index (χ4v) is 1.50. The van der Waals surface area contributed by atoms with Gasteiger partial charge in [0.1, 0.15) is 5.56 Å². The molecule has 1 radical (unpaired) electrons. The first-order valence-corrected chi connectivity index (χ1v) is 3.94. The number of carboxylic acid groups (broad SMARTS) is 1. The summed E-state index contributed by atoms with van der Waals surface area (Å²) in [6.45, 7) is 0. The van der Waals surface area contributed by atoms with E-state index < -0.39 is 5.97 Å². The lowest BCUT2D eigenvalue weighted by molar-refractivity contribution is 0.0698. The SMILES string of the molecule is O=C(O)c1cncc2s[c]nc12. The summed E-state index contributed by atoms with van der Waals surface area (Å²) in [4.78, 5) is 18.2. The molecular formula is C7H3N2O2S. The molecule has 4 nitrogen and oxygen atoms in total. The molecule has 0 aliphatic carbocycles. The van der Waals surface area contributed by atoms with Gasteiger partial charge in [0.15, 0.2) is 5.51 Å². The molecule has 0 fully saturated rings. The Morgan fingerprint density at radius 2 is 2.42 bits per heavy atom. The first-order chi connectivity index (χ1) is 5.79. The second-order valence-corrected chi connectivity index (χ2v) is 2.97. The lowest BCUT2D eigenvalue weighted by Gasteiger charge is -1.92. The minimum absolute atomic E-state index is 0.130. The Bertz CT molecular complexity index is 438. The molecule has 12 heavy (non-hydrogen) atoms. The van der Waals surface area contributed by atoms with Crippen LogP contribution in [0.5, 0.6) is 0 Å². The zero-order valence-corrected chi connectivity index (χ0v) is 6.63. The van der Waals surface area contributed by atoms with Gasteiger partial charge >= 0.3 is 5.97 Å². The summed E-state index contributed by atoms with van der Waals surface area (Å²) in [5.41, 5.74) is 3.21. The third-order valence-corrected chi connectivity index (χ3v) is 2.13.